The first-order valence-electron chi connectivity index (χ1n) is 16.7. The molecule has 3 heterocycles. The van der Waals surface area contributed by atoms with Gasteiger partial charge in [-0.25, -0.2) is 17.2 Å². The average Bonchev–Trinajstić information content (AvgIpc) is 3.38. The van der Waals surface area contributed by atoms with Crippen LogP contribution in [0.3, 0.4) is 0 Å². The monoisotopic (exact) mass is 776 g/mol. The number of hydrogen-bond donors (Lipinski definition) is 2. The predicted molar refractivity (Wildman–Crippen MR) is 180 cm³/mol. The number of benzene rings is 2. The second-order valence-electron chi connectivity index (χ2n) is 13.9. The van der Waals surface area contributed by atoms with Crippen LogP contribution in [0.15, 0.2) is 40.7 Å². The van der Waals surface area contributed by atoms with Crippen LogP contribution < -0.4 is 10.1 Å². The van der Waals surface area contributed by atoms with E-state index < -0.39 is 63.0 Å². The van der Waals surface area contributed by atoms with Crippen LogP contribution in [0.4, 0.5) is 30.7 Å². The molecule has 3 aliphatic rings. The number of sulfonamides is 1. The molecule has 0 aliphatic carbocycles. The summed E-state index contributed by atoms with van der Waals surface area (Å²) in [6.45, 7) is 6.27. The number of likely N-dealkylation sites (tertiary alicyclic amines) is 1. The number of aliphatic imine (C=N–C) groups is 1. The summed E-state index contributed by atoms with van der Waals surface area (Å²) >= 11 is 0. The lowest BCUT2D eigenvalue weighted by Gasteiger charge is -2.36. The van der Waals surface area contributed by atoms with E-state index in [0.717, 1.165) is 15.8 Å². The van der Waals surface area contributed by atoms with E-state index in [-0.39, 0.29) is 43.2 Å². The number of ether oxygens (including phenoxy) is 1. The van der Waals surface area contributed by atoms with Crippen molar-refractivity contribution in [3.8, 4) is 5.75 Å². The van der Waals surface area contributed by atoms with Crippen molar-refractivity contribution in [1.29, 1.82) is 0 Å². The van der Waals surface area contributed by atoms with Crippen molar-refractivity contribution in [2.24, 2.45) is 4.99 Å². The summed E-state index contributed by atoms with van der Waals surface area (Å²) in [7, 11) is -4.02. The third kappa shape index (κ3) is 8.38. The Bertz CT molecular complexity index is 1910. The van der Waals surface area contributed by atoms with Crippen molar-refractivity contribution < 1.29 is 58.6 Å². The molecule has 1 spiro atoms. The lowest BCUT2D eigenvalue weighted by Crippen LogP contribution is -2.50. The second kappa shape index (κ2) is 14.3. The lowest BCUT2D eigenvalue weighted by atomic mass is 9.89. The fourth-order valence-corrected chi connectivity index (χ4v) is 7.70. The first-order valence-corrected chi connectivity index (χ1v) is 18.2. The van der Waals surface area contributed by atoms with Crippen molar-refractivity contribution >= 4 is 33.7 Å². The summed E-state index contributed by atoms with van der Waals surface area (Å²) in [6, 6.07) is 5.44. The van der Waals surface area contributed by atoms with Gasteiger partial charge >= 0.3 is 18.5 Å². The number of alkyl halides is 7. The van der Waals surface area contributed by atoms with Crippen molar-refractivity contribution in [2.75, 3.05) is 26.2 Å². The Morgan fingerprint density at radius 3 is 2.13 bits per heavy atom. The number of aliphatic hydroxyl groups is 1. The van der Waals surface area contributed by atoms with Gasteiger partial charge in [-0.15, -0.1) is 0 Å². The van der Waals surface area contributed by atoms with Gasteiger partial charge in [-0.3, -0.25) is 14.6 Å². The number of amidine groups is 1. The minimum Gasteiger partial charge on any atom is -0.484 e. The first-order chi connectivity index (χ1) is 24.5. The van der Waals surface area contributed by atoms with Crippen LogP contribution in [0.5, 0.6) is 5.75 Å². The molecule has 0 aromatic heterocycles. The Kier molecular flexibility index (Phi) is 10.9. The zero-order chi connectivity index (χ0) is 39.3. The maximum Gasteiger partial charge on any atom is 0.419 e. The third-order valence-electron chi connectivity index (χ3n) is 9.96. The Hall–Kier alpha value is -4.03. The van der Waals surface area contributed by atoms with Gasteiger partial charge in [-0.2, -0.15) is 26.3 Å². The molecule has 2 aromatic rings. The first kappa shape index (κ1) is 40.2. The van der Waals surface area contributed by atoms with Crippen molar-refractivity contribution in [1.82, 2.24) is 14.5 Å². The molecule has 2 N–H and O–H groups in total. The highest BCUT2D eigenvalue weighted by atomic mass is 32.2. The van der Waals surface area contributed by atoms with Crippen molar-refractivity contribution in [3.05, 3.63) is 69.1 Å². The highest BCUT2D eigenvalue weighted by Crippen LogP contribution is 2.40. The van der Waals surface area contributed by atoms with E-state index in [1.165, 1.54) is 6.08 Å². The van der Waals surface area contributed by atoms with Crippen LogP contribution in [-0.2, 0) is 21.0 Å². The van der Waals surface area contributed by atoms with Crippen molar-refractivity contribution in [3.63, 3.8) is 0 Å². The maximum atomic E-state index is 13.8. The van der Waals surface area contributed by atoms with Gasteiger partial charge in [0.1, 0.15) is 17.1 Å². The maximum absolute atomic E-state index is 13.8. The molecule has 290 valence electrons. The van der Waals surface area contributed by atoms with E-state index in [9.17, 15) is 53.8 Å². The third-order valence-corrected chi connectivity index (χ3v) is 11.5. The number of carbonyl (C=O) groups is 2. The predicted octanol–water partition coefficient (Wildman–Crippen LogP) is 5.69. The number of carbonyl (C=O) groups excluding carboxylic acids is 2. The number of amides is 2. The molecule has 1 atom stereocenters. The number of nitrogens with zero attached hydrogens (tertiary/aromatic N) is 3. The Morgan fingerprint density at radius 1 is 1.00 bits per heavy atom. The zero-order valence-corrected chi connectivity index (χ0v) is 30.1. The molecule has 2 amide bonds. The largest absolute Gasteiger partial charge is 0.484 e. The van der Waals surface area contributed by atoms with E-state index in [4.69, 9.17) is 4.74 Å². The molecule has 1 unspecified atom stereocenters. The summed E-state index contributed by atoms with van der Waals surface area (Å²) < 4.78 is 127. The van der Waals surface area contributed by atoms with Gasteiger partial charge in [0, 0.05) is 42.7 Å². The second-order valence-corrected chi connectivity index (χ2v) is 15.8. The molecule has 2 fully saturated rings. The van der Waals surface area contributed by atoms with Gasteiger partial charge in [0.15, 0.2) is 6.10 Å². The quantitative estimate of drug-likeness (QED) is 0.315. The molecule has 10 nitrogen and oxygen atoms in total. The Morgan fingerprint density at radius 2 is 1.58 bits per heavy atom. The number of rotatable bonds is 9. The molecular weight excluding hydrogens is 737 g/mol. The summed E-state index contributed by atoms with van der Waals surface area (Å²) in [4.78, 5) is 32.3. The molecule has 3 aliphatic heterocycles. The van der Waals surface area contributed by atoms with E-state index in [1.807, 2.05) is 0 Å². The zero-order valence-electron chi connectivity index (χ0n) is 29.2. The van der Waals surface area contributed by atoms with Gasteiger partial charge < -0.3 is 20.1 Å². The smallest absolute Gasteiger partial charge is 0.419 e. The molecule has 53 heavy (non-hydrogen) atoms. The van der Waals surface area contributed by atoms with Crippen LogP contribution in [0.2, 0.25) is 0 Å². The van der Waals surface area contributed by atoms with Gasteiger partial charge in [0.05, 0.1) is 11.2 Å². The molecule has 0 bridgehead atoms. The highest BCUT2D eigenvalue weighted by Gasteiger charge is 2.50. The summed E-state index contributed by atoms with van der Waals surface area (Å²) in [5.41, 5.74) is -1.61. The Labute approximate surface area is 301 Å². The highest BCUT2D eigenvalue weighted by molar-refractivity contribution is 7.92. The van der Waals surface area contributed by atoms with E-state index in [0.29, 0.717) is 67.2 Å². The number of halogens is 7. The van der Waals surface area contributed by atoms with Crippen LogP contribution >= 0.6 is 0 Å². The van der Waals surface area contributed by atoms with Gasteiger partial charge in [0.25, 0.3) is 11.8 Å². The summed E-state index contributed by atoms with van der Waals surface area (Å²) in [5.74, 6) is -7.01. The standard InChI is InChI=1S/C35H39F7N4O6S/c1-20-17-24(29(47)45-12-8-32(4,49)9-13-45)18-21(2)25(20)7-16-53(50,51)46-14-10-33(11-15-46)31(48)43-28(44-33)23-5-6-26(35(40,41)42)27(19-23)52-22(3)34(38,39)30(36)37/h5-7,16-19,22,30,49H,8-15H2,1-4H3,(H,43,44,48). The van der Waals surface area contributed by atoms with Crippen LogP contribution in [-0.4, -0.2) is 96.2 Å². The normalized spacial score (nSPS) is 20.2. The molecule has 5 rings (SSSR count). The average molecular weight is 777 g/mol. The van der Waals surface area contributed by atoms with Crippen LogP contribution in [0.25, 0.3) is 6.08 Å². The number of nitrogens with one attached hydrogen (secondary N) is 1. The number of piperidine rings is 2. The molecule has 0 radical (unpaired) electrons. The summed E-state index contributed by atoms with van der Waals surface area (Å²) in [6.07, 6.45) is -9.81. The van der Waals surface area contributed by atoms with Crippen LogP contribution in [0.1, 0.15) is 77.7 Å². The fraction of sp³-hybridized carbons (Fsp3) is 0.514. The van der Waals surface area contributed by atoms with Gasteiger partial charge in [0.2, 0.25) is 10.0 Å². The SMILES string of the molecule is Cc1cc(C(=O)N2CCC(C)(O)CC2)cc(C)c1C=CS(=O)(=O)N1CCC2(CC1)N=C(c1ccc(C(F)(F)F)c(OC(C)C(F)(F)C(F)F)c1)NC2=O. The minimum absolute atomic E-state index is 0.0994. The molecule has 0 saturated carbocycles. The fourth-order valence-electron chi connectivity index (χ4n) is 6.53. The van der Waals surface area contributed by atoms with E-state index in [2.05, 4.69) is 10.3 Å². The molecule has 18 heteroatoms. The lowest BCUT2D eigenvalue weighted by molar-refractivity contribution is -0.180. The van der Waals surface area contributed by atoms with Crippen molar-refractivity contribution in [2.45, 2.75) is 89.1 Å². The topological polar surface area (TPSA) is 129 Å². The van der Waals surface area contributed by atoms with E-state index >= 15 is 0 Å². The van der Waals surface area contributed by atoms with E-state index in [1.54, 1.807) is 37.8 Å². The number of aryl methyl sites for hydroxylation is 2. The molecular formula is C35H39F7N4O6S. The summed E-state index contributed by atoms with van der Waals surface area (Å²) in [5, 5.41) is 13.7. The molecule has 2 aromatic carbocycles. The Balaban J connectivity index is 1.29. The molecule has 2 saturated heterocycles. The van der Waals surface area contributed by atoms with Crippen LogP contribution in [0, 0.1) is 13.8 Å². The number of hydrogen-bond acceptors (Lipinski definition) is 7. The van der Waals surface area contributed by atoms with Gasteiger partial charge in [-0.05, 0) is 100 Å². The minimum atomic E-state index is -5.10. The van der Waals surface area contributed by atoms with Gasteiger partial charge in [-0.1, -0.05) is 6.07 Å².